The fraction of sp³-hybridized carbons (Fsp3) is 0.133. The van der Waals surface area contributed by atoms with Crippen LogP contribution in [0.15, 0.2) is 48.5 Å². The SMILES string of the molecule is O=C(CC(F)(F)F)NNc1ccc(Oc2ccc(Cl)cc2)cc1. The number of hydrogen-bond acceptors (Lipinski definition) is 3. The number of ether oxygens (including phenoxy) is 1. The van der Waals surface area contributed by atoms with Crippen molar-refractivity contribution in [3.8, 4) is 11.5 Å². The summed E-state index contributed by atoms with van der Waals surface area (Å²) < 4.78 is 41.6. The summed E-state index contributed by atoms with van der Waals surface area (Å²) in [4.78, 5) is 11.0. The molecule has 2 aromatic carbocycles. The number of nitrogens with one attached hydrogen (secondary N) is 2. The first-order valence-electron chi connectivity index (χ1n) is 6.47. The number of carbonyl (C=O) groups excluding carboxylic acids is 1. The molecule has 0 aliphatic rings. The van der Waals surface area contributed by atoms with Gasteiger partial charge in [-0.1, -0.05) is 11.6 Å². The molecular formula is C15H12ClF3N2O2. The molecule has 2 rings (SSSR count). The second-order valence-electron chi connectivity index (χ2n) is 4.55. The van der Waals surface area contributed by atoms with Gasteiger partial charge in [-0.3, -0.25) is 15.6 Å². The Hall–Kier alpha value is -2.41. The third-order valence-corrected chi connectivity index (χ3v) is 2.86. The van der Waals surface area contributed by atoms with Crippen LogP contribution in [-0.2, 0) is 4.79 Å². The van der Waals surface area contributed by atoms with Gasteiger partial charge >= 0.3 is 6.18 Å². The van der Waals surface area contributed by atoms with E-state index in [2.05, 4.69) is 5.43 Å². The molecule has 0 aliphatic carbocycles. The maximum Gasteiger partial charge on any atom is 0.397 e. The van der Waals surface area contributed by atoms with Gasteiger partial charge in [0.05, 0.1) is 5.69 Å². The maximum absolute atomic E-state index is 12.0. The van der Waals surface area contributed by atoms with Crippen LogP contribution in [0.25, 0.3) is 0 Å². The second-order valence-corrected chi connectivity index (χ2v) is 4.98. The van der Waals surface area contributed by atoms with Crippen LogP contribution in [0.3, 0.4) is 0 Å². The lowest BCUT2D eigenvalue weighted by Crippen LogP contribution is -2.32. The van der Waals surface area contributed by atoms with E-state index in [4.69, 9.17) is 16.3 Å². The Morgan fingerprint density at radius 3 is 2.04 bits per heavy atom. The summed E-state index contributed by atoms with van der Waals surface area (Å²) in [7, 11) is 0. The first-order chi connectivity index (χ1) is 10.8. The molecule has 0 aliphatic heterocycles. The third-order valence-electron chi connectivity index (χ3n) is 2.61. The van der Waals surface area contributed by atoms with Crippen LogP contribution in [0.1, 0.15) is 6.42 Å². The molecule has 2 aromatic rings. The Morgan fingerprint density at radius 1 is 1.00 bits per heavy atom. The molecule has 1 amide bonds. The Morgan fingerprint density at radius 2 is 1.52 bits per heavy atom. The van der Waals surface area contributed by atoms with Crippen LogP contribution in [-0.4, -0.2) is 12.1 Å². The number of alkyl halides is 3. The number of rotatable bonds is 5. The fourth-order valence-electron chi connectivity index (χ4n) is 1.61. The van der Waals surface area contributed by atoms with E-state index in [1.807, 2.05) is 5.43 Å². The summed E-state index contributed by atoms with van der Waals surface area (Å²) in [6, 6.07) is 13.1. The molecule has 2 N–H and O–H groups in total. The van der Waals surface area contributed by atoms with Gasteiger partial charge in [0.25, 0.3) is 0 Å². The highest BCUT2D eigenvalue weighted by atomic mass is 35.5. The van der Waals surface area contributed by atoms with Crippen molar-refractivity contribution in [2.45, 2.75) is 12.6 Å². The topological polar surface area (TPSA) is 50.4 Å². The van der Waals surface area contributed by atoms with Gasteiger partial charge in [-0.25, -0.2) is 0 Å². The zero-order chi connectivity index (χ0) is 16.9. The number of halogens is 4. The zero-order valence-electron chi connectivity index (χ0n) is 11.7. The Kier molecular flexibility index (Phi) is 5.33. The van der Waals surface area contributed by atoms with Crippen molar-refractivity contribution in [2.24, 2.45) is 0 Å². The van der Waals surface area contributed by atoms with Crippen LogP contribution < -0.4 is 15.6 Å². The Labute approximate surface area is 135 Å². The van der Waals surface area contributed by atoms with E-state index in [1.54, 1.807) is 48.5 Å². The molecule has 122 valence electrons. The minimum atomic E-state index is -4.54. The van der Waals surface area contributed by atoms with Gasteiger partial charge in [0.1, 0.15) is 17.9 Å². The smallest absolute Gasteiger partial charge is 0.397 e. The van der Waals surface area contributed by atoms with Crippen molar-refractivity contribution in [3.63, 3.8) is 0 Å². The molecule has 0 spiro atoms. The summed E-state index contributed by atoms with van der Waals surface area (Å²) in [5.41, 5.74) is 4.78. The minimum Gasteiger partial charge on any atom is -0.457 e. The van der Waals surface area contributed by atoms with Gasteiger partial charge < -0.3 is 4.74 Å². The van der Waals surface area contributed by atoms with Gasteiger partial charge in [-0.15, -0.1) is 0 Å². The monoisotopic (exact) mass is 344 g/mol. The normalized spacial score (nSPS) is 11.0. The summed E-state index contributed by atoms with van der Waals surface area (Å²) in [5, 5.41) is 0.589. The molecule has 4 nitrogen and oxygen atoms in total. The van der Waals surface area contributed by atoms with Crippen molar-refractivity contribution in [2.75, 3.05) is 5.43 Å². The molecule has 23 heavy (non-hydrogen) atoms. The van der Waals surface area contributed by atoms with E-state index in [9.17, 15) is 18.0 Å². The number of hydrogen-bond donors (Lipinski definition) is 2. The lowest BCUT2D eigenvalue weighted by atomic mass is 10.3. The predicted octanol–water partition coefficient (Wildman–Crippen LogP) is 4.53. The number of anilines is 1. The van der Waals surface area contributed by atoms with E-state index in [-0.39, 0.29) is 0 Å². The first kappa shape index (κ1) is 17.0. The summed E-state index contributed by atoms with van der Waals surface area (Å²) >= 11 is 5.77. The van der Waals surface area contributed by atoms with Crippen molar-refractivity contribution >= 4 is 23.2 Å². The molecule has 0 fully saturated rings. The van der Waals surface area contributed by atoms with Crippen molar-refractivity contribution in [1.29, 1.82) is 0 Å². The van der Waals surface area contributed by atoms with Crippen LogP contribution in [0.5, 0.6) is 11.5 Å². The quantitative estimate of drug-likeness (QED) is 0.784. The molecule has 0 aromatic heterocycles. The van der Waals surface area contributed by atoms with Crippen molar-refractivity contribution in [1.82, 2.24) is 5.43 Å². The molecule has 0 heterocycles. The number of carbonyl (C=O) groups is 1. The predicted molar refractivity (Wildman–Crippen MR) is 80.4 cm³/mol. The Balaban J connectivity index is 1.87. The largest absolute Gasteiger partial charge is 0.457 e. The van der Waals surface area contributed by atoms with Crippen LogP contribution >= 0.6 is 11.6 Å². The maximum atomic E-state index is 12.0. The third kappa shape index (κ3) is 6.07. The van der Waals surface area contributed by atoms with Crippen LogP contribution in [0, 0.1) is 0 Å². The molecule has 0 bridgehead atoms. The van der Waals surface area contributed by atoms with Crippen molar-refractivity contribution < 1.29 is 22.7 Å². The van der Waals surface area contributed by atoms with Crippen molar-refractivity contribution in [3.05, 3.63) is 53.6 Å². The number of benzene rings is 2. The van der Waals surface area contributed by atoms with E-state index in [1.165, 1.54) is 0 Å². The highest BCUT2D eigenvalue weighted by molar-refractivity contribution is 6.30. The van der Waals surface area contributed by atoms with E-state index in [0.717, 1.165) is 0 Å². The summed E-state index contributed by atoms with van der Waals surface area (Å²) in [6.45, 7) is 0. The van der Waals surface area contributed by atoms with Gasteiger partial charge in [0, 0.05) is 5.02 Å². The average Bonchev–Trinajstić information content (AvgIpc) is 2.47. The van der Waals surface area contributed by atoms with E-state index >= 15 is 0 Å². The molecule has 0 saturated carbocycles. The zero-order valence-corrected chi connectivity index (χ0v) is 12.4. The standard InChI is InChI=1S/C15H12ClF3N2O2/c16-10-1-5-12(6-2-10)23-13-7-3-11(4-8-13)20-21-14(22)9-15(17,18)19/h1-8,20H,9H2,(H,21,22). The minimum absolute atomic E-state index is 0.420. The lowest BCUT2D eigenvalue weighted by Gasteiger charge is -2.11. The second kappa shape index (κ2) is 7.23. The number of amides is 1. The number of hydrazine groups is 1. The summed E-state index contributed by atoms with van der Waals surface area (Å²) in [5.74, 6) is -0.0490. The fourth-order valence-corrected chi connectivity index (χ4v) is 1.74. The highest BCUT2D eigenvalue weighted by Gasteiger charge is 2.31. The Bertz CT molecular complexity index is 658. The van der Waals surface area contributed by atoms with Crippen LogP contribution in [0.2, 0.25) is 5.02 Å². The van der Waals surface area contributed by atoms with Crippen LogP contribution in [0.4, 0.5) is 18.9 Å². The van der Waals surface area contributed by atoms with Gasteiger partial charge in [-0.05, 0) is 48.5 Å². The van der Waals surface area contributed by atoms with Gasteiger partial charge in [0.2, 0.25) is 5.91 Å². The molecule has 0 unspecified atom stereocenters. The molecule has 0 saturated heterocycles. The first-order valence-corrected chi connectivity index (χ1v) is 6.85. The molecular weight excluding hydrogens is 333 g/mol. The molecule has 8 heteroatoms. The molecule has 0 atom stereocenters. The lowest BCUT2D eigenvalue weighted by molar-refractivity contribution is -0.153. The van der Waals surface area contributed by atoms with E-state index in [0.29, 0.717) is 22.2 Å². The van der Waals surface area contributed by atoms with E-state index < -0.39 is 18.5 Å². The van der Waals surface area contributed by atoms with Gasteiger partial charge in [-0.2, -0.15) is 13.2 Å². The highest BCUT2D eigenvalue weighted by Crippen LogP contribution is 2.24. The summed E-state index contributed by atoms with van der Waals surface area (Å²) in [6.07, 6.45) is -6.08. The van der Waals surface area contributed by atoms with Gasteiger partial charge in [0.15, 0.2) is 0 Å². The molecule has 0 radical (unpaired) electrons. The average molecular weight is 345 g/mol.